The summed E-state index contributed by atoms with van der Waals surface area (Å²) in [5.74, 6) is 0. The molecule has 1 aromatic heterocycles. The fourth-order valence-electron chi connectivity index (χ4n) is 2.06. The molecule has 16 heavy (non-hydrogen) atoms. The van der Waals surface area contributed by atoms with E-state index in [0.29, 0.717) is 0 Å². The van der Waals surface area contributed by atoms with Gasteiger partial charge in [-0.15, -0.1) is 0 Å². The van der Waals surface area contributed by atoms with Crippen molar-refractivity contribution in [1.82, 2.24) is 4.57 Å². The van der Waals surface area contributed by atoms with Crippen molar-refractivity contribution >= 4 is 29.3 Å². The van der Waals surface area contributed by atoms with E-state index in [-0.39, 0.29) is 0 Å². The third-order valence-electron chi connectivity index (χ3n) is 2.70. The maximum Gasteiger partial charge on any atom is 0.0534 e. The molecule has 0 atom stereocenters. The first-order valence-corrected chi connectivity index (χ1v) is 5.34. The molecule has 0 unspecified atom stereocenters. The van der Waals surface area contributed by atoms with Crippen LogP contribution in [0.1, 0.15) is 18.2 Å². The van der Waals surface area contributed by atoms with E-state index in [4.69, 9.17) is 0 Å². The Morgan fingerprint density at radius 3 is 2.56 bits per heavy atom. The van der Waals surface area contributed by atoms with Gasteiger partial charge in [0, 0.05) is 17.1 Å². The van der Waals surface area contributed by atoms with Crippen LogP contribution in [0, 0.1) is 0 Å². The molecule has 0 aliphatic rings. The predicted octanol–water partition coefficient (Wildman–Crippen LogP) is 4.42. The largest absolute Gasteiger partial charge is 0.317 e. The van der Waals surface area contributed by atoms with Crippen molar-refractivity contribution < 1.29 is 0 Å². The summed E-state index contributed by atoms with van der Waals surface area (Å²) in [6.07, 6.45) is 7.85. The molecule has 0 saturated carbocycles. The van der Waals surface area contributed by atoms with Crippen molar-refractivity contribution in [3.8, 4) is 0 Å². The molecular weight excluding hydrogens is 194 g/mol. The number of aromatic nitrogens is 1. The second-order valence-electron chi connectivity index (χ2n) is 3.57. The Labute approximate surface area is 96.0 Å². The zero-order valence-corrected chi connectivity index (χ0v) is 9.48. The number of hydrogen-bond acceptors (Lipinski definition) is 0. The van der Waals surface area contributed by atoms with Crippen molar-refractivity contribution in [1.29, 1.82) is 0 Å². The first-order valence-electron chi connectivity index (χ1n) is 5.34. The topological polar surface area (TPSA) is 4.93 Å². The Balaban J connectivity index is 2.95. The molecule has 0 aliphatic carbocycles. The van der Waals surface area contributed by atoms with Gasteiger partial charge >= 0.3 is 0 Å². The summed E-state index contributed by atoms with van der Waals surface area (Å²) < 4.78 is 2.07. The number of para-hydroxylation sites is 1. The predicted molar refractivity (Wildman–Crippen MR) is 73.1 cm³/mol. The molecule has 0 radical (unpaired) electrons. The highest BCUT2D eigenvalue weighted by Crippen LogP contribution is 2.28. The van der Waals surface area contributed by atoms with Crippen molar-refractivity contribution in [2.24, 2.45) is 0 Å². The van der Waals surface area contributed by atoms with Gasteiger partial charge in [-0.3, -0.25) is 0 Å². The van der Waals surface area contributed by atoms with Crippen LogP contribution in [0.5, 0.6) is 0 Å². The first kappa shape index (κ1) is 10.5. The molecule has 1 heterocycles. The Morgan fingerprint density at radius 1 is 1.19 bits per heavy atom. The molecule has 0 bridgehead atoms. The maximum absolute atomic E-state index is 3.88. The third kappa shape index (κ3) is 1.41. The average molecular weight is 209 g/mol. The standard InChI is InChI=1S/C15H15N/c1-4-9-12-13-10-7-8-11-15(13)16(6-3)14(12)5-2/h4-11H,2-3H2,1H3/b9-4-. The normalized spacial score (nSPS) is 11.1. The highest BCUT2D eigenvalue weighted by atomic mass is 15.0. The summed E-state index contributed by atoms with van der Waals surface area (Å²) in [7, 11) is 0. The number of hydrogen-bond donors (Lipinski definition) is 0. The molecule has 80 valence electrons. The molecular formula is C15H15N. The summed E-state index contributed by atoms with van der Waals surface area (Å²) in [6, 6.07) is 8.30. The first-order chi connectivity index (χ1) is 7.83. The zero-order chi connectivity index (χ0) is 11.5. The van der Waals surface area contributed by atoms with Crippen molar-refractivity contribution in [2.45, 2.75) is 6.92 Å². The van der Waals surface area contributed by atoms with Gasteiger partial charge in [0.15, 0.2) is 0 Å². The van der Waals surface area contributed by atoms with Crippen LogP contribution < -0.4 is 0 Å². The minimum atomic E-state index is 1.09. The van der Waals surface area contributed by atoms with Crippen LogP contribution in [0.25, 0.3) is 29.3 Å². The quantitative estimate of drug-likeness (QED) is 0.705. The van der Waals surface area contributed by atoms with Gasteiger partial charge in [0.05, 0.1) is 11.2 Å². The van der Waals surface area contributed by atoms with Crippen LogP contribution in [-0.4, -0.2) is 4.57 Å². The number of nitrogens with zero attached hydrogens (tertiary/aromatic N) is 1. The van der Waals surface area contributed by atoms with Crippen molar-refractivity contribution in [3.63, 3.8) is 0 Å². The van der Waals surface area contributed by atoms with Gasteiger partial charge in [0.2, 0.25) is 0 Å². The lowest BCUT2D eigenvalue weighted by molar-refractivity contribution is 1.20. The smallest absolute Gasteiger partial charge is 0.0534 e. The van der Waals surface area contributed by atoms with Gasteiger partial charge in [0.1, 0.15) is 0 Å². The molecule has 0 N–H and O–H groups in total. The minimum Gasteiger partial charge on any atom is -0.317 e. The minimum absolute atomic E-state index is 1.09. The summed E-state index contributed by atoms with van der Waals surface area (Å²) in [5.41, 5.74) is 3.46. The molecule has 0 amide bonds. The number of rotatable bonds is 3. The second kappa shape index (κ2) is 4.23. The van der Waals surface area contributed by atoms with Crippen molar-refractivity contribution in [3.05, 3.63) is 54.8 Å². The van der Waals surface area contributed by atoms with Crippen LogP contribution in [0.15, 0.2) is 43.5 Å². The van der Waals surface area contributed by atoms with E-state index < -0.39 is 0 Å². The SMILES string of the molecule is C=Cc1c(/C=C\C)c2ccccc2n1C=C. The van der Waals surface area contributed by atoms with Crippen LogP contribution in [0.2, 0.25) is 0 Å². The lowest BCUT2D eigenvalue weighted by atomic mass is 10.1. The van der Waals surface area contributed by atoms with Gasteiger partial charge in [-0.05, 0) is 19.1 Å². The van der Waals surface area contributed by atoms with E-state index in [1.54, 1.807) is 0 Å². The van der Waals surface area contributed by atoms with Gasteiger partial charge in [-0.25, -0.2) is 0 Å². The van der Waals surface area contributed by atoms with E-state index in [9.17, 15) is 0 Å². The summed E-state index contributed by atoms with van der Waals surface area (Å²) in [5, 5.41) is 1.23. The lowest BCUT2D eigenvalue weighted by Gasteiger charge is -1.99. The summed E-state index contributed by atoms with van der Waals surface area (Å²) in [6.45, 7) is 9.75. The molecule has 0 aliphatic heterocycles. The molecule has 1 aromatic carbocycles. The van der Waals surface area contributed by atoms with Crippen molar-refractivity contribution in [2.75, 3.05) is 0 Å². The van der Waals surface area contributed by atoms with Gasteiger partial charge in [-0.1, -0.05) is 43.5 Å². The van der Waals surface area contributed by atoms with Gasteiger partial charge in [-0.2, -0.15) is 0 Å². The Bertz CT molecular complexity index is 570. The molecule has 1 nitrogen and oxygen atoms in total. The molecule has 0 saturated heterocycles. The monoisotopic (exact) mass is 209 g/mol. The molecule has 2 aromatic rings. The van der Waals surface area contributed by atoms with E-state index in [2.05, 4.69) is 42.0 Å². The lowest BCUT2D eigenvalue weighted by Crippen LogP contribution is -1.88. The zero-order valence-electron chi connectivity index (χ0n) is 9.48. The Hall–Kier alpha value is -2.02. The molecule has 0 fully saturated rings. The summed E-state index contributed by atoms with van der Waals surface area (Å²) >= 11 is 0. The highest BCUT2D eigenvalue weighted by Gasteiger charge is 2.10. The molecule has 2 rings (SSSR count). The second-order valence-corrected chi connectivity index (χ2v) is 3.57. The van der Waals surface area contributed by atoms with E-state index >= 15 is 0 Å². The fraction of sp³-hybridized carbons (Fsp3) is 0.0667. The number of allylic oxidation sites excluding steroid dienone is 1. The third-order valence-corrected chi connectivity index (χ3v) is 2.70. The molecule has 0 spiro atoms. The van der Waals surface area contributed by atoms with Gasteiger partial charge in [0.25, 0.3) is 0 Å². The van der Waals surface area contributed by atoms with Gasteiger partial charge < -0.3 is 4.57 Å². The van der Waals surface area contributed by atoms with E-state index in [0.717, 1.165) is 5.69 Å². The Morgan fingerprint density at radius 2 is 1.94 bits per heavy atom. The maximum atomic E-state index is 3.88. The number of benzene rings is 1. The van der Waals surface area contributed by atoms with Crippen LogP contribution in [0.4, 0.5) is 0 Å². The van der Waals surface area contributed by atoms with Crippen LogP contribution in [-0.2, 0) is 0 Å². The highest BCUT2D eigenvalue weighted by molar-refractivity contribution is 5.95. The van der Waals surface area contributed by atoms with Crippen LogP contribution >= 0.6 is 0 Å². The average Bonchev–Trinajstić information content (AvgIpc) is 2.63. The van der Waals surface area contributed by atoms with E-state index in [1.165, 1.54) is 16.5 Å². The Kier molecular flexibility index (Phi) is 2.78. The summed E-state index contributed by atoms with van der Waals surface area (Å²) in [4.78, 5) is 0. The van der Waals surface area contributed by atoms with E-state index in [1.807, 2.05) is 31.3 Å². The van der Waals surface area contributed by atoms with Crippen LogP contribution in [0.3, 0.4) is 0 Å². The number of fused-ring (bicyclic) bond motifs is 1. The fourth-order valence-corrected chi connectivity index (χ4v) is 2.06. The molecule has 1 heteroatoms.